The number of rotatable bonds is 3. The molecule has 0 spiro atoms. The number of thioether (sulfide) groups is 1. The molecule has 0 aromatic carbocycles. The number of nitrogens with zero attached hydrogens (tertiary/aromatic N) is 4. The van der Waals surface area contributed by atoms with Crippen molar-refractivity contribution in [2.45, 2.75) is 24.8 Å². The lowest BCUT2D eigenvalue weighted by Crippen LogP contribution is -2.14. The Bertz CT molecular complexity index is 788. The van der Waals surface area contributed by atoms with Crippen LogP contribution in [0.2, 0.25) is 0 Å². The smallest absolute Gasteiger partial charge is 0.258 e. The number of aromatic amines is 1. The third kappa shape index (κ3) is 2.41. The van der Waals surface area contributed by atoms with Crippen molar-refractivity contribution >= 4 is 28.1 Å². The fourth-order valence-corrected chi connectivity index (χ4v) is 3.33. The molecular formula is C11H11N5OS2. The molecule has 0 amide bonds. The van der Waals surface area contributed by atoms with E-state index < -0.39 is 0 Å². The topological polar surface area (TPSA) is 75.9 Å². The van der Waals surface area contributed by atoms with E-state index in [1.165, 1.54) is 23.1 Å². The average molecular weight is 293 g/mol. The van der Waals surface area contributed by atoms with Crippen LogP contribution in [-0.2, 0) is 5.75 Å². The van der Waals surface area contributed by atoms with E-state index in [1.807, 2.05) is 19.2 Å². The minimum atomic E-state index is -0.0366. The van der Waals surface area contributed by atoms with Crippen LogP contribution in [0, 0.1) is 13.8 Å². The van der Waals surface area contributed by atoms with Gasteiger partial charge in [-0.05, 0) is 13.8 Å². The maximum absolute atomic E-state index is 12.0. The van der Waals surface area contributed by atoms with E-state index in [1.54, 1.807) is 10.5 Å². The minimum absolute atomic E-state index is 0.0366. The highest BCUT2D eigenvalue weighted by molar-refractivity contribution is 7.98. The Labute approximate surface area is 116 Å². The molecule has 0 aliphatic rings. The Morgan fingerprint density at radius 3 is 3.00 bits per heavy atom. The van der Waals surface area contributed by atoms with Crippen molar-refractivity contribution in [3.8, 4) is 0 Å². The SMILES string of the molecule is Cc1nc(SCc2cc(=O)n3c(C)csc3n2)n[nH]1. The molecule has 0 atom stereocenters. The molecular weight excluding hydrogens is 282 g/mol. The number of fused-ring (bicyclic) bond motifs is 1. The van der Waals surface area contributed by atoms with Crippen molar-refractivity contribution in [2.75, 3.05) is 0 Å². The molecule has 6 nitrogen and oxygen atoms in total. The van der Waals surface area contributed by atoms with Gasteiger partial charge in [0.1, 0.15) is 5.82 Å². The van der Waals surface area contributed by atoms with E-state index in [4.69, 9.17) is 0 Å². The van der Waals surface area contributed by atoms with Crippen molar-refractivity contribution in [3.05, 3.63) is 39.0 Å². The highest BCUT2D eigenvalue weighted by atomic mass is 32.2. The molecule has 8 heteroatoms. The number of aryl methyl sites for hydroxylation is 2. The predicted octanol–water partition coefficient (Wildman–Crippen LogP) is 1.78. The number of hydrogen-bond donors (Lipinski definition) is 1. The minimum Gasteiger partial charge on any atom is -0.269 e. The van der Waals surface area contributed by atoms with Gasteiger partial charge in [-0.15, -0.1) is 16.4 Å². The summed E-state index contributed by atoms with van der Waals surface area (Å²) in [6.07, 6.45) is 0. The normalized spacial score (nSPS) is 11.3. The molecule has 0 bridgehead atoms. The largest absolute Gasteiger partial charge is 0.269 e. The van der Waals surface area contributed by atoms with Crippen molar-refractivity contribution in [3.63, 3.8) is 0 Å². The van der Waals surface area contributed by atoms with Gasteiger partial charge in [0.2, 0.25) is 5.16 Å². The Kier molecular flexibility index (Phi) is 3.11. The fraction of sp³-hybridized carbons (Fsp3) is 0.273. The lowest BCUT2D eigenvalue weighted by atomic mass is 10.4. The first-order valence-corrected chi connectivity index (χ1v) is 7.48. The summed E-state index contributed by atoms with van der Waals surface area (Å²) in [5.74, 6) is 1.36. The van der Waals surface area contributed by atoms with Crippen LogP contribution >= 0.6 is 23.1 Å². The van der Waals surface area contributed by atoms with Gasteiger partial charge in [-0.1, -0.05) is 11.8 Å². The quantitative estimate of drug-likeness (QED) is 0.745. The Morgan fingerprint density at radius 2 is 2.26 bits per heavy atom. The van der Waals surface area contributed by atoms with E-state index >= 15 is 0 Å². The zero-order chi connectivity index (χ0) is 13.4. The first-order valence-electron chi connectivity index (χ1n) is 5.62. The number of nitrogens with one attached hydrogen (secondary N) is 1. The van der Waals surface area contributed by atoms with Crippen molar-refractivity contribution in [1.82, 2.24) is 24.6 Å². The second-order valence-corrected chi connectivity index (χ2v) is 5.85. The van der Waals surface area contributed by atoms with Crippen LogP contribution in [0.1, 0.15) is 17.2 Å². The molecule has 0 aliphatic heterocycles. The molecule has 0 saturated carbocycles. The molecule has 0 saturated heterocycles. The number of hydrogen-bond acceptors (Lipinski definition) is 6. The number of H-pyrrole nitrogens is 1. The molecule has 3 heterocycles. The summed E-state index contributed by atoms with van der Waals surface area (Å²) in [5.41, 5.74) is 1.63. The van der Waals surface area contributed by atoms with Gasteiger partial charge in [0, 0.05) is 22.9 Å². The third-order valence-corrected chi connectivity index (χ3v) is 4.38. The van der Waals surface area contributed by atoms with E-state index in [2.05, 4.69) is 20.2 Å². The number of thiazole rings is 1. The Hall–Kier alpha value is -1.67. The highest BCUT2D eigenvalue weighted by Crippen LogP contribution is 2.18. The van der Waals surface area contributed by atoms with E-state index in [0.717, 1.165) is 22.2 Å². The van der Waals surface area contributed by atoms with Gasteiger partial charge in [-0.25, -0.2) is 9.97 Å². The lowest BCUT2D eigenvalue weighted by molar-refractivity contribution is 0.964. The molecule has 19 heavy (non-hydrogen) atoms. The van der Waals surface area contributed by atoms with Crippen LogP contribution in [0.25, 0.3) is 4.96 Å². The van der Waals surface area contributed by atoms with Gasteiger partial charge >= 0.3 is 0 Å². The third-order valence-electron chi connectivity index (χ3n) is 2.55. The molecule has 0 fully saturated rings. The van der Waals surface area contributed by atoms with Gasteiger partial charge in [-0.2, -0.15) is 0 Å². The Balaban J connectivity index is 1.87. The summed E-state index contributed by atoms with van der Waals surface area (Å²) in [4.78, 5) is 21.4. The number of aromatic nitrogens is 5. The second-order valence-electron chi connectivity index (χ2n) is 4.07. The second kappa shape index (κ2) is 4.78. The summed E-state index contributed by atoms with van der Waals surface area (Å²) in [5, 5.41) is 9.42. The van der Waals surface area contributed by atoms with Crippen LogP contribution in [-0.4, -0.2) is 24.6 Å². The van der Waals surface area contributed by atoms with Crippen LogP contribution in [0.15, 0.2) is 21.4 Å². The predicted molar refractivity (Wildman–Crippen MR) is 74.8 cm³/mol. The van der Waals surface area contributed by atoms with Crippen LogP contribution in [0.5, 0.6) is 0 Å². The standard InChI is InChI=1S/C11H11N5OS2/c1-6-4-19-11-13-8(3-9(17)16(6)11)5-18-10-12-7(2)14-15-10/h3-4H,5H2,1-2H3,(H,12,14,15). The first kappa shape index (κ1) is 12.4. The van der Waals surface area contributed by atoms with Crippen LogP contribution < -0.4 is 5.56 Å². The van der Waals surface area contributed by atoms with Gasteiger partial charge in [-0.3, -0.25) is 14.3 Å². The highest BCUT2D eigenvalue weighted by Gasteiger charge is 2.08. The van der Waals surface area contributed by atoms with Gasteiger partial charge in [0.15, 0.2) is 4.96 Å². The van der Waals surface area contributed by atoms with Gasteiger partial charge in [0.05, 0.1) is 5.69 Å². The van der Waals surface area contributed by atoms with Gasteiger partial charge in [0.25, 0.3) is 5.56 Å². The first-order chi connectivity index (χ1) is 9.13. The van der Waals surface area contributed by atoms with Crippen LogP contribution in [0.4, 0.5) is 0 Å². The van der Waals surface area contributed by atoms with Crippen molar-refractivity contribution < 1.29 is 0 Å². The van der Waals surface area contributed by atoms with E-state index in [9.17, 15) is 4.79 Å². The lowest BCUT2D eigenvalue weighted by Gasteiger charge is -1.99. The van der Waals surface area contributed by atoms with Crippen molar-refractivity contribution in [1.29, 1.82) is 0 Å². The molecule has 3 aromatic rings. The zero-order valence-electron chi connectivity index (χ0n) is 10.4. The maximum atomic E-state index is 12.0. The summed E-state index contributed by atoms with van der Waals surface area (Å²) < 4.78 is 1.62. The summed E-state index contributed by atoms with van der Waals surface area (Å²) in [6, 6.07) is 1.57. The average Bonchev–Trinajstić information content (AvgIpc) is 2.94. The summed E-state index contributed by atoms with van der Waals surface area (Å²) >= 11 is 2.93. The molecule has 3 rings (SSSR count). The molecule has 3 aromatic heterocycles. The fourth-order valence-electron chi connectivity index (χ4n) is 1.70. The molecule has 0 aliphatic carbocycles. The van der Waals surface area contributed by atoms with E-state index in [-0.39, 0.29) is 5.56 Å². The maximum Gasteiger partial charge on any atom is 0.258 e. The molecule has 0 radical (unpaired) electrons. The monoisotopic (exact) mass is 293 g/mol. The molecule has 0 unspecified atom stereocenters. The molecule has 98 valence electrons. The van der Waals surface area contributed by atoms with Crippen molar-refractivity contribution in [2.24, 2.45) is 0 Å². The van der Waals surface area contributed by atoms with Crippen LogP contribution in [0.3, 0.4) is 0 Å². The molecule has 1 N–H and O–H groups in total. The van der Waals surface area contributed by atoms with E-state index in [0.29, 0.717) is 10.9 Å². The zero-order valence-corrected chi connectivity index (χ0v) is 12.0. The summed E-state index contributed by atoms with van der Waals surface area (Å²) in [7, 11) is 0. The summed E-state index contributed by atoms with van der Waals surface area (Å²) in [6.45, 7) is 3.75. The van der Waals surface area contributed by atoms with Gasteiger partial charge < -0.3 is 0 Å². The Morgan fingerprint density at radius 1 is 1.42 bits per heavy atom.